The van der Waals surface area contributed by atoms with E-state index in [1.54, 1.807) is 23.9 Å². The van der Waals surface area contributed by atoms with Gasteiger partial charge >= 0.3 is 5.97 Å². The number of ether oxygens (including phenoxy) is 3. The van der Waals surface area contributed by atoms with Crippen LogP contribution >= 0.6 is 0 Å². The van der Waals surface area contributed by atoms with Crippen molar-refractivity contribution in [1.82, 2.24) is 9.78 Å². The van der Waals surface area contributed by atoms with Crippen LogP contribution in [-0.2, 0) is 20.8 Å². The first-order valence-electron chi connectivity index (χ1n) is 7.23. The fourth-order valence-electron chi connectivity index (χ4n) is 2.16. The Balaban J connectivity index is 1.71. The molecule has 112 valence electrons. The molecule has 2 rings (SSSR count). The Kier molecular flexibility index (Phi) is 6.01. The highest BCUT2D eigenvalue weighted by Crippen LogP contribution is 2.14. The first-order valence-corrected chi connectivity index (χ1v) is 7.23. The number of hydrogen-bond donors (Lipinski definition) is 0. The minimum absolute atomic E-state index is 0.0640. The van der Waals surface area contributed by atoms with E-state index in [0.29, 0.717) is 25.5 Å². The van der Waals surface area contributed by atoms with Crippen LogP contribution in [0.25, 0.3) is 0 Å². The van der Waals surface area contributed by atoms with Crippen LogP contribution in [0.1, 0.15) is 43.1 Å². The second-order valence-electron chi connectivity index (χ2n) is 4.68. The Morgan fingerprint density at radius 1 is 1.55 bits per heavy atom. The summed E-state index contributed by atoms with van der Waals surface area (Å²) in [4.78, 5) is 11.7. The fourth-order valence-corrected chi connectivity index (χ4v) is 2.16. The van der Waals surface area contributed by atoms with Crippen LogP contribution in [0.2, 0.25) is 0 Å². The number of hydrogen-bond acceptors (Lipinski definition) is 5. The summed E-state index contributed by atoms with van der Waals surface area (Å²) in [7, 11) is 0. The maximum absolute atomic E-state index is 11.7. The zero-order valence-electron chi connectivity index (χ0n) is 11.9. The van der Waals surface area contributed by atoms with E-state index in [2.05, 4.69) is 5.10 Å². The van der Waals surface area contributed by atoms with E-state index in [1.807, 2.05) is 0 Å². The highest BCUT2D eigenvalue weighted by Gasteiger charge is 2.15. The average molecular weight is 282 g/mol. The summed E-state index contributed by atoms with van der Waals surface area (Å²) in [6.07, 6.45) is 5.58. The van der Waals surface area contributed by atoms with Crippen LogP contribution in [0, 0.1) is 0 Å². The van der Waals surface area contributed by atoms with Gasteiger partial charge in [-0.05, 0) is 38.7 Å². The van der Waals surface area contributed by atoms with Crippen LogP contribution in [0.4, 0.5) is 0 Å². The van der Waals surface area contributed by atoms with Crippen LogP contribution in [0.15, 0.2) is 12.3 Å². The van der Waals surface area contributed by atoms with Gasteiger partial charge in [0, 0.05) is 19.3 Å². The number of rotatable bonds is 7. The lowest BCUT2D eigenvalue weighted by Gasteiger charge is -2.22. The second-order valence-corrected chi connectivity index (χ2v) is 4.68. The molecule has 1 unspecified atom stereocenters. The number of aromatic nitrogens is 2. The highest BCUT2D eigenvalue weighted by atomic mass is 16.7. The molecule has 1 saturated heterocycles. The van der Waals surface area contributed by atoms with E-state index in [0.717, 1.165) is 32.3 Å². The molecule has 1 aromatic heterocycles. The predicted octanol–water partition coefficient (Wildman–Crippen LogP) is 1.99. The van der Waals surface area contributed by atoms with Gasteiger partial charge in [0.15, 0.2) is 6.29 Å². The molecule has 0 amide bonds. The molecule has 2 heterocycles. The average Bonchev–Trinajstić information content (AvgIpc) is 2.93. The lowest BCUT2D eigenvalue weighted by Crippen LogP contribution is -2.23. The molecule has 1 atom stereocenters. The Hall–Kier alpha value is -1.40. The van der Waals surface area contributed by atoms with Gasteiger partial charge in [0.05, 0.1) is 13.2 Å². The lowest BCUT2D eigenvalue weighted by atomic mass is 10.2. The third kappa shape index (κ3) is 4.31. The molecule has 1 aliphatic rings. The van der Waals surface area contributed by atoms with Crippen LogP contribution < -0.4 is 0 Å². The van der Waals surface area contributed by atoms with Gasteiger partial charge in [-0.1, -0.05) is 0 Å². The van der Waals surface area contributed by atoms with Gasteiger partial charge in [-0.25, -0.2) is 4.79 Å². The van der Waals surface area contributed by atoms with Crippen LogP contribution in [-0.4, -0.2) is 41.9 Å². The van der Waals surface area contributed by atoms with Crippen molar-refractivity contribution in [2.24, 2.45) is 0 Å². The third-order valence-corrected chi connectivity index (χ3v) is 3.16. The van der Waals surface area contributed by atoms with Crippen molar-refractivity contribution >= 4 is 5.97 Å². The van der Waals surface area contributed by atoms with Gasteiger partial charge in [0.25, 0.3) is 0 Å². The molecule has 0 bridgehead atoms. The number of carbonyl (C=O) groups excluding carboxylic acids is 1. The van der Waals surface area contributed by atoms with Gasteiger partial charge < -0.3 is 14.2 Å². The number of carbonyl (C=O) groups is 1. The van der Waals surface area contributed by atoms with Crippen molar-refractivity contribution in [2.75, 3.05) is 19.8 Å². The zero-order valence-corrected chi connectivity index (χ0v) is 11.9. The summed E-state index contributed by atoms with van der Waals surface area (Å²) < 4.78 is 17.8. The van der Waals surface area contributed by atoms with Gasteiger partial charge in [-0.3, -0.25) is 4.68 Å². The highest BCUT2D eigenvalue weighted by molar-refractivity contribution is 5.87. The summed E-state index contributed by atoms with van der Waals surface area (Å²) in [5.41, 5.74) is 0.487. The first kappa shape index (κ1) is 15.0. The summed E-state index contributed by atoms with van der Waals surface area (Å²) in [5, 5.41) is 4.13. The third-order valence-electron chi connectivity index (χ3n) is 3.16. The SMILES string of the molecule is CCOC(=O)c1ccnn1CCCOC1CCCCO1. The molecule has 20 heavy (non-hydrogen) atoms. The van der Waals surface area contributed by atoms with Crippen molar-refractivity contribution in [3.63, 3.8) is 0 Å². The van der Waals surface area contributed by atoms with Crippen molar-refractivity contribution in [3.05, 3.63) is 18.0 Å². The minimum Gasteiger partial charge on any atom is -0.461 e. The molecule has 1 aliphatic heterocycles. The quantitative estimate of drug-likeness (QED) is 0.565. The molecule has 0 radical (unpaired) electrons. The van der Waals surface area contributed by atoms with Crippen molar-refractivity contribution < 1.29 is 19.0 Å². The number of esters is 1. The van der Waals surface area contributed by atoms with Gasteiger partial charge in [0.1, 0.15) is 5.69 Å². The second kappa shape index (κ2) is 8.01. The Labute approximate surface area is 119 Å². The van der Waals surface area contributed by atoms with Gasteiger partial charge in [-0.2, -0.15) is 5.10 Å². The zero-order chi connectivity index (χ0) is 14.2. The normalized spacial score (nSPS) is 18.9. The standard InChI is InChI=1S/C14H22N2O4/c1-2-18-14(17)12-7-8-15-16(12)9-5-11-20-13-6-3-4-10-19-13/h7-8,13H,2-6,9-11H2,1H3. The van der Waals surface area contributed by atoms with E-state index in [-0.39, 0.29) is 12.3 Å². The van der Waals surface area contributed by atoms with E-state index >= 15 is 0 Å². The maximum atomic E-state index is 11.7. The first-order chi connectivity index (χ1) is 9.81. The lowest BCUT2D eigenvalue weighted by molar-refractivity contribution is -0.163. The number of nitrogens with zero attached hydrogens (tertiary/aromatic N) is 2. The Morgan fingerprint density at radius 2 is 2.45 bits per heavy atom. The summed E-state index contributed by atoms with van der Waals surface area (Å²) in [6, 6.07) is 1.67. The van der Waals surface area contributed by atoms with Crippen LogP contribution in [0.3, 0.4) is 0 Å². The van der Waals surface area contributed by atoms with E-state index in [4.69, 9.17) is 14.2 Å². The smallest absolute Gasteiger partial charge is 0.356 e. The largest absolute Gasteiger partial charge is 0.461 e. The topological polar surface area (TPSA) is 62.6 Å². The molecule has 1 fully saturated rings. The Morgan fingerprint density at radius 3 is 3.20 bits per heavy atom. The number of aryl methyl sites for hydroxylation is 1. The van der Waals surface area contributed by atoms with Crippen molar-refractivity contribution in [1.29, 1.82) is 0 Å². The van der Waals surface area contributed by atoms with Gasteiger partial charge in [0.2, 0.25) is 0 Å². The van der Waals surface area contributed by atoms with Crippen molar-refractivity contribution in [2.45, 2.75) is 45.4 Å². The Bertz CT molecular complexity index is 413. The molecule has 0 aromatic carbocycles. The molecule has 0 N–H and O–H groups in total. The van der Waals surface area contributed by atoms with Gasteiger partial charge in [-0.15, -0.1) is 0 Å². The monoisotopic (exact) mass is 282 g/mol. The fraction of sp³-hybridized carbons (Fsp3) is 0.714. The molecule has 1 aromatic rings. The molecule has 6 nitrogen and oxygen atoms in total. The molecule has 0 saturated carbocycles. The summed E-state index contributed by atoms with van der Waals surface area (Å²) in [5.74, 6) is -0.332. The van der Waals surface area contributed by atoms with E-state index in [1.165, 1.54) is 0 Å². The maximum Gasteiger partial charge on any atom is 0.356 e. The molecular weight excluding hydrogens is 260 g/mol. The van der Waals surface area contributed by atoms with Crippen LogP contribution in [0.5, 0.6) is 0 Å². The molecule has 0 aliphatic carbocycles. The minimum atomic E-state index is -0.332. The summed E-state index contributed by atoms with van der Waals surface area (Å²) >= 11 is 0. The molecular formula is C14H22N2O4. The van der Waals surface area contributed by atoms with E-state index < -0.39 is 0 Å². The summed E-state index contributed by atoms with van der Waals surface area (Å²) in [6.45, 7) is 4.18. The predicted molar refractivity (Wildman–Crippen MR) is 72.3 cm³/mol. The van der Waals surface area contributed by atoms with E-state index in [9.17, 15) is 4.79 Å². The molecule has 6 heteroatoms. The molecule has 0 spiro atoms. The van der Waals surface area contributed by atoms with Crippen molar-refractivity contribution in [3.8, 4) is 0 Å².